The number of rotatable bonds is 7. The van der Waals surface area contributed by atoms with E-state index < -0.39 is 5.25 Å². The van der Waals surface area contributed by atoms with Gasteiger partial charge in [0, 0.05) is 17.7 Å². The Balaban J connectivity index is 1.89. The van der Waals surface area contributed by atoms with Crippen molar-refractivity contribution in [3.63, 3.8) is 0 Å². The molecule has 0 aliphatic rings. The highest BCUT2D eigenvalue weighted by Crippen LogP contribution is 2.32. The van der Waals surface area contributed by atoms with Gasteiger partial charge < -0.3 is 15.1 Å². The minimum Gasteiger partial charge on any atom is -0.443 e. The molecule has 0 radical (unpaired) electrons. The monoisotopic (exact) mass is 426 g/mol. The molecule has 2 amide bonds. The first-order valence-electron chi connectivity index (χ1n) is 9.84. The lowest BCUT2D eigenvalue weighted by Crippen LogP contribution is -2.33. The molecule has 1 unspecified atom stereocenters. The summed E-state index contributed by atoms with van der Waals surface area (Å²) in [6.07, 6.45) is 0. The summed E-state index contributed by atoms with van der Waals surface area (Å²) < 4.78 is 5.77. The minimum absolute atomic E-state index is 0.0842. The normalized spacial score (nSPS) is 12.2. The summed E-state index contributed by atoms with van der Waals surface area (Å²) in [4.78, 5) is 34.0. The van der Waals surface area contributed by atoms with Crippen molar-refractivity contribution >= 4 is 40.5 Å². The second-order valence-electron chi connectivity index (χ2n) is 7.54. The SMILES string of the molecule is Cc1oc2nc(SC(C)C(=O)NCC(C)C)nc(NC(=O)c3ccccc3)c2c1C. The van der Waals surface area contributed by atoms with Crippen LogP contribution < -0.4 is 10.6 Å². The van der Waals surface area contributed by atoms with Gasteiger partial charge in [0.15, 0.2) is 5.16 Å². The van der Waals surface area contributed by atoms with Gasteiger partial charge in [-0.25, -0.2) is 4.98 Å². The molecule has 158 valence electrons. The Hall–Kier alpha value is -2.87. The van der Waals surface area contributed by atoms with E-state index >= 15 is 0 Å². The fourth-order valence-corrected chi connectivity index (χ4v) is 3.59. The number of nitrogens with zero attached hydrogens (tertiary/aromatic N) is 2. The van der Waals surface area contributed by atoms with Crippen LogP contribution in [0.4, 0.5) is 5.82 Å². The first-order valence-corrected chi connectivity index (χ1v) is 10.7. The number of benzene rings is 1. The molecule has 1 aromatic carbocycles. The first kappa shape index (κ1) is 21.8. The van der Waals surface area contributed by atoms with Gasteiger partial charge in [-0.05, 0) is 38.8 Å². The molecule has 2 aromatic heterocycles. The molecule has 0 spiro atoms. The van der Waals surface area contributed by atoms with Crippen LogP contribution in [0.25, 0.3) is 11.1 Å². The van der Waals surface area contributed by atoms with Crippen molar-refractivity contribution in [2.24, 2.45) is 5.92 Å². The van der Waals surface area contributed by atoms with Gasteiger partial charge in [-0.2, -0.15) is 4.98 Å². The molecular formula is C22H26N4O3S. The third kappa shape index (κ3) is 4.99. The number of carbonyl (C=O) groups excluding carboxylic acids is 2. The summed E-state index contributed by atoms with van der Waals surface area (Å²) in [6, 6.07) is 8.92. The molecule has 0 aliphatic heterocycles. The summed E-state index contributed by atoms with van der Waals surface area (Å²) in [5, 5.41) is 6.43. The van der Waals surface area contributed by atoms with Gasteiger partial charge in [-0.3, -0.25) is 9.59 Å². The van der Waals surface area contributed by atoms with E-state index in [4.69, 9.17) is 4.42 Å². The number of fused-ring (bicyclic) bond motifs is 1. The molecule has 2 N–H and O–H groups in total. The van der Waals surface area contributed by atoms with Crippen LogP contribution in [0, 0.1) is 19.8 Å². The van der Waals surface area contributed by atoms with Crippen molar-refractivity contribution in [1.29, 1.82) is 0 Å². The van der Waals surface area contributed by atoms with Crippen LogP contribution in [0.15, 0.2) is 39.9 Å². The van der Waals surface area contributed by atoms with Gasteiger partial charge in [-0.1, -0.05) is 43.8 Å². The van der Waals surface area contributed by atoms with Gasteiger partial charge in [0.05, 0.1) is 10.6 Å². The number of aromatic nitrogens is 2. The van der Waals surface area contributed by atoms with Crippen molar-refractivity contribution < 1.29 is 14.0 Å². The highest BCUT2D eigenvalue weighted by atomic mass is 32.2. The quantitative estimate of drug-likeness (QED) is 0.431. The van der Waals surface area contributed by atoms with Gasteiger partial charge in [0.25, 0.3) is 5.91 Å². The Morgan fingerprint density at radius 1 is 1.10 bits per heavy atom. The van der Waals surface area contributed by atoms with E-state index in [-0.39, 0.29) is 11.8 Å². The number of hydrogen-bond acceptors (Lipinski definition) is 6. The molecule has 0 saturated carbocycles. The maximum atomic E-state index is 12.7. The van der Waals surface area contributed by atoms with Crippen LogP contribution >= 0.6 is 11.8 Å². The largest absolute Gasteiger partial charge is 0.443 e. The van der Waals surface area contributed by atoms with E-state index in [9.17, 15) is 9.59 Å². The number of amides is 2. The molecule has 3 aromatic rings. The topological polar surface area (TPSA) is 97.1 Å². The van der Waals surface area contributed by atoms with E-state index in [0.29, 0.717) is 45.9 Å². The zero-order valence-corrected chi connectivity index (χ0v) is 18.6. The lowest BCUT2D eigenvalue weighted by Gasteiger charge is -2.13. The number of furan rings is 1. The number of thioether (sulfide) groups is 1. The molecular weight excluding hydrogens is 400 g/mol. The smallest absolute Gasteiger partial charge is 0.256 e. The lowest BCUT2D eigenvalue weighted by atomic mass is 10.2. The average molecular weight is 427 g/mol. The van der Waals surface area contributed by atoms with Crippen LogP contribution in [-0.4, -0.2) is 33.6 Å². The zero-order valence-electron chi connectivity index (χ0n) is 17.8. The van der Waals surface area contributed by atoms with Crippen molar-refractivity contribution in [1.82, 2.24) is 15.3 Å². The summed E-state index contributed by atoms with van der Waals surface area (Å²) in [7, 11) is 0. The Morgan fingerprint density at radius 2 is 1.80 bits per heavy atom. The van der Waals surface area contributed by atoms with Crippen LogP contribution in [0.3, 0.4) is 0 Å². The Bertz CT molecular complexity index is 1060. The van der Waals surface area contributed by atoms with Gasteiger partial charge >= 0.3 is 0 Å². The summed E-state index contributed by atoms with van der Waals surface area (Å²) in [6.45, 7) is 10.2. The van der Waals surface area contributed by atoms with Gasteiger partial charge in [0.2, 0.25) is 11.6 Å². The Labute approximate surface area is 180 Å². The number of hydrogen-bond donors (Lipinski definition) is 2. The summed E-state index contributed by atoms with van der Waals surface area (Å²) >= 11 is 1.22. The van der Waals surface area contributed by atoms with Gasteiger partial charge in [-0.15, -0.1) is 0 Å². The number of aryl methyl sites for hydroxylation is 2. The second-order valence-corrected chi connectivity index (χ2v) is 8.85. The number of carbonyl (C=O) groups is 2. The number of anilines is 1. The van der Waals surface area contributed by atoms with Crippen LogP contribution in [0.1, 0.15) is 42.5 Å². The average Bonchev–Trinajstić information content (AvgIpc) is 3.00. The van der Waals surface area contributed by atoms with Crippen LogP contribution in [0.5, 0.6) is 0 Å². The Morgan fingerprint density at radius 3 is 2.47 bits per heavy atom. The van der Waals surface area contributed by atoms with Crippen LogP contribution in [-0.2, 0) is 4.79 Å². The zero-order chi connectivity index (χ0) is 21.8. The molecule has 8 heteroatoms. The predicted octanol–water partition coefficient (Wildman–Crippen LogP) is 4.34. The highest BCUT2D eigenvalue weighted by Gasteiger charge is 2.22. The molecule has 30 heavy (non-hydrogen) atoms. The molecule has 0 aliphatic carbocycles. The van der Waals surface area contributed by atoms with E-state index in [1.807, 2.05) is 33.8 Å². The van der Waals surface area contributed by atoms with Crippen molar-refractivity contribution in [2.75, 3.05) is 11.9 Å². The highest BCUT2D eigenvalue weighted by molar-refractivity contribution is 8.00. The first-order chi connectivity index (χ1) is 14.3. The molecule has 3 rings (SSSR count). The number of nitrogens with one attached hydrogen (secondary N) is 2. The van der Waals surface area contributed by atoms with E-state index in [1.165, 1.54) is 11.8 Å². The van der Waals surface area contributed by atoms with Gasteiger partial charge in [0.1, 0.15) is 11.6 Å². The minimum atomic E-state index is -0.393. The molecule has 2 heterocycles. The van der Waals surface area contributed by atoms with E-state index in [1.54, 1.807) is 31.2 Å². The molecule has 7 nitrogen and oxygen atoms in total. The molecule has 0 fully saturated rings. The third-order valence-corrected chi connectivity index (χ3v) is 5.57. The predicted molar refractivity (Wildman–Crippen MR) is 119 cm³/mol. The molecule has 1 atom stereocenters. The van der Waals surface area contributed by atoms with Crippen molar-refractivity contribution in [2.45, 2.75) is 45.0 Å². The van der Waals surface area contributed by atoms with Crippen LogP contribution in [0.2, 0.25) is 0 Å². The van der Waals surface area contributed by atoms with Crippen molar-refractivity contribution in [3.05, 3.63) is 47.2 Å². The maximum absolute atomic E-state index is 12.7. The summed E-state index contributed by atoms with van der Waals surface area (Å²) in [5.41, 5.74) is 1.78. The standard InChI is InChI=1S/C22H26N4O3S/c1-12(2)11-23-19(27)15(5)30-22-25-18(17-13(3)14(4)29-21(17)26-22)24-20(28)16-9-7-6-8-10-16/h6-10,12,15H,11H2,1-5H3,(H,23,27)(H,24,25,26,28). The Kier molecular flexibility index (Phi) is 6.77. The summed E-state index contributed by atoms with van der Waals surface area (Å²) in [5.74, 6) is 1.10. The fourth-order valence-electron chi connectivity index (χ4n) is 2.80. The molecule has 0 saturated heterocycles. The fraction of sp³-hybridized carbons (Fsp3) is 0.364. The van der Waals surface area contributed by atoms with E-state index in [2.05, 4.69) is 20.6 Å². The lowest BCUT2D eigenvalue weighted by molar-refractivity contribution is -0.120. The molecule has 0 bridgehead atoms. The third-order valence-electron chi connectivity index (χ3n) is 4.61. The second kappa shape index (κ2) is 9.30. The maximum Gasteiger partial charge on any atom is 0.256 e. The van der Waals surface area contributed by atoms with E-state index in [0.717, 1.165) is 5.56 Å². The van der Waals surface area contributed by atoms with Crippen molar-refractivity contribution in [3.8, 4) is 0 Å².